The second kappa shape index (κ2) is 9.31. The van der Waals surface area contributed by atoms with Crippen LogP contribution in [0.3, 0.4) is 0 Å². The number of carbonyl (C=O) groups excluding carboxylic acids is 1. The summed E-state index contributed by atoms with van der Waals surface area (Å²) in [6.45, 7) is 8.14. The molecule has 0 unspecified atom stereocenters. The van der Waals surface area contributed by atoms with Crippen molar-refractivity contribution in [1.29, 1.82) is 0 Å². The van der Waals surface area contributed by atoms with Crippen molar-refractivity contribution in [3.8, 4) is 0 Å². The molecule has 0 heterocycles. The van der Waals surface area contributed by atoms with Crippen molar-refractivity contribution in [3.63, 3.8) is 0 Å². The van der Waals surface area contributed by atoms with Crippen LogP contribution in [-0.2, 0) is 0 Å². The van der Waals surface area contributed by atoms with Gasteiger partial charge in [0.1, 0.15) is 0 Å². The molecule has 0 saturated carbocycles. The fourth-order valence-corrected chi connectivity index (χ4v) is 3.48. The Morgan fingerprint density at radius 3 is 1.43 bits per heavy atom. The zero-order chi connectivity index (χ0) is 21.7. The van der Waals surface area contributed by atoms with Crippen molar-refractivity contribution < 1.29 is 4.79 Å². The first kappa shape index (κ1) is 21.2. The van der Waals surface area contributed by atoms with Crippen LogP contribution in [0.4, 0.5) is 11.4 Å². The molecule has 1 amide bonds. The molecular formula is C26H27N3O. The summed E-state index contributed by atoms with van der Waals surface area (Å²) in [7, 11) is 1.63. The molecule has 1 N–H and O–H groups in total. The largest absolute Gasteiger partial charge is 0.355 e. The maximum Gasteiger partial charge on any atom is 0.252 e. The quantitative estimate of drug-likeness (QED) is 0.545. The molecule has 0 saturated heterocycles. The summed E-state index contributed by atoms with van der Waals surface area (Å²) in [6, 6.07) is 17.9. The Balaban J connectivity index is 2.07. The number of carbonyl (C=O) groups is 1. The summed E-state index contributed by atoms with van der Waals surface area (Å²) >= 11 is 0. The van der Waals surface area contributed by atoms with E-state index in [0.29, 0.717) is 5.56 Å². The normalized spacial score (nSPS) is 11.4. The average molecular weight is 398 g/mol. The van der Waals surface area contributed by atoms with E-state index in [1.54, 1.807) is 19.5 Å². The second-order valence-corrected chi connectivity index (χ2v) is 7.39. The first-order chi connectivity index (χ1) is 14.4. The molecule has 0 aliphatic carbocycles. The predicted molar refractivity (Wildman–Crippen MR) is 126 cm³/mol. The number of para-hydroxylation sites is 2. The van der Waals surface area contributed by atoms with E-state index in [9.17, 15) is 4.79 Å². The summed E-state index contributed by atoms with van der Waals surface area (Å²) in [5.41, 5.74) is 8.31. The lowest BCUT2D eigenvalue weighted by molar-refractivity contribution is 0.0963. The topological polar surface area (TPSA) is 53.8 Å². The number of nitrogens with zero attached hydrogens (tertiary/aromatic N) is 2. The van der Waals surface area contributed by atoms with Crippen molar-refractivity contribution in [3.05, 3.63) is 93.5 Å². The van der Waals surface area contributed by atoms with Crippen LogP contribution in [-0.4, -0.2) is 25.4 Å². The number of benzene rings is 3. The Bertz CT molecular complexity index is 1020. The summed E-state index contributed by atoms with van der Waals surface area (Å²) < 4.78 is 0. The summed E-state index contributed by atoms with van der Waals surface area (Å²) in [4.78, 5) is 22.1. The molecular weight excluding hydrogens is 370 g/mol. The van der Waals surface area contributed by atoms with Crippen molar-refractivity contribution in [2.75, 3.05) is 7.05 Å². The Kier molecular flexibility index (Phi) is 6.58. The first-order valence-corrected chi connectivity index (χ1v) is 9.98. The van der Waals surface area contributed by atoms with Crippen LogP contribution in [0.5, 0.6) is 0 Å². The predicted octanol–water partition coefficient (Wildman–Crippen LogP) is 5.78. The Morgan fingerprint density at radius 2 is 1.07 bits per heavy atom. The highest BCUT2D eigenvalue weighted by Gasteiger charge is 2.14. The number of amides is 1. The van der Waals surface area contributed by atoms with Gasteiger partial charge in [-0.2, -0.15) is 0 Å². The third-order valence-corrected chi connectivity index (χ3v) is 5.13. The molecule has 0 aliphatic rings. The monoisotopic (exact) mass is 397 g/mol. The minimum absolute atomic E-state index is 0.165. The summed E-state index contributed by atoms with van der Waals surface area (Å²) in [6.07, 6.45) is 3.52. The van der Waals surface area contributed by atoms with Crippen molar-refractivity contribution in [2.24, 2.45) is 9.98 Å². The zero-order valence-corrected chi connectivity index (χ0v) is 18.2. The highest BCUT2D eigenvalue weighted by molar-refractivity contribution is 6.08. The minimum atomic E-state index is -0.165. The third-order valence-electron chi connectivity index (χ3n) is 5.13. The zero-order valence-electron chi connectivity index (χ0n) is 18.2. The van der Waals surface area contributed by atoms with Gasteiger partial charge in [-0.25, -0.2) is 0 Å². The van der Waals surface area contributed by atoms with E-state index in [4.69, 9.17) is 9.98 Å². The number of nitrogens with one attached hydrogen (secondary N) is 1. The van der Waals surface area contributed by atoms with E-state index in [-0.39, 0.29) is 5.91 Å². The van der Waals surface area contributed by atoms with E-state index < -0.39 is 0 Å². The number of aryl methyl sites for hydroxylation is 4. The molecule has 0 aliphatic heterocycles. The fraction of sp³-hybridized carbons (Fsp3) is 0.192. The number of hydrogen-bond donors (Lipinski definition) is 1. The van der Waals surface area contributed by atoms with Gasteiger partial charge in [0.05, 0.1) is 16.9 Å². The van der Waals surface area contributed by atoms with Gasteiger partial charge in [0.2, 0.25) is 0 Å². The standard InChI is InChI=1S/C26H27N3O/c1-17-9-6-10-18(2)24(17)28-15-21-13-8-14-22(23(21)26(30)27-5)16-29-25-19(3)11-7-12-20(25)4/h6-16H,1-5H3,(H,27,30). The molecule has 3 aromatic rings. The second-order valence-electron chi connectivity index (χ2n) is 7.39. The molecule has 152 valence electrons. The Hall–Kier alpha value is -3.53. The van der Waals surface area contributed by atoms with E-state index in [1.165, 1.54) is 0 Å². The molecule has 4 nitrogen and oxygen atoms in total. The van der Waals surface area contributed by atoms with Crippen molar-refractivity contribution in [1.82, 2.24) is 5.32 Å². The SMILES string of the molecule is CNC(=O)c1c(C=Nc2c(C)cccc2C)cccc1C=Nc1c(C)cccc1C. The molecule has 4 heteroatoms. The van der Waals surface area contributed by atoms with Gasteiger partial charge < -0.3 is 5.32 Å². The van der Waals surface area contributed by atoms with E-state index in [0.717, 1.165) is 44.8 Å². The van der Waals surface area contributed by atoms with Crippen LogP contribution in [0.1, 0.15) is 43.7 Å². The molecule has 0 spiro atoms. The lowest BCUT2D eigenvalue weighted by Gasteiger charge is -2.10. The molecule has 0 fully saturated rings. The Morgan fingerprint density at radius 1 is 0.700 bits per heavy atom. The van der Waals surface area contributed by atoms with Gasteiger partial charge in [-0.1, -0.05) is 54.6 Å². The van der Waals surface area contributed by atoms with Gasteiger partial charge in [-0.15, -0.1) is 0 Å². The lowest BCUT2D eigenvalue weighted by Crippen LogP contribution is -2.21. The first-order valence-electron chi connectivity index (χ1n) is 9.98. The van der Waals surface area contributed by atoms with Crippen LogP contribution < -0.4 is 5.32 Å². The van der Waals surface area contributed by atoms with Gasteiger partial charge in [-0.3, -0.25) is 14.8 Å². The highest BCUT2D eigenvalue weighted by Crippen LogP contribution is 2.25. The molecule has 30 heavy (non-hydrogen) atoms. The van der Waals surface area contributed by atoms with Crippen molar-refractivity contribution >= 4 is 29.7 Å². The molecule has 0 bridgehead atoms. The van der Waals surface area contributed by atoms with Gasteiger partial charge in [0.15, 0.2) is 0 Å². The van der Waals surface area contributed by atoms with E-state index >= 15 is 0 Å². The summed E-state index contributed by atoms with van der Waals surface area (Å²) in [5, 5.41) is 2.74. The van der Waals surface area contributed by atoms with Crippen LogP contribution >= 0.6 is 0 Å². The number of hydrogen-bond acceptors (Lipinski definition) is 3. The van der Waals surface area contributed by atoms with Gasteiger partial charge in [0, 0.05) is 30.6 Å². The van der Waals surface area contributed by atoms with Gasteiger partial charge in [0.25, 0.3) is 5.91 Å². The van der Waals surface area contributed by atoms with Gasteiger partial charge >= 0.3 is 0 Å². The number of aliphatic imine (C=N–C) groups is 2. The molecule has 0 aromatic heterocycles. The molecule has 0 radical (unpaired) electrons. The van der Waals surface area contributed by atoms with E-state index in [2.05, 4.69) is 5.32 Å². The van der Waals surface area contributed by atoms with Crippen LogP contribution in [0.15, 0.2) is 64.6 Å². The van der Waals surface area contributed by atoms with Crippen LogP contribution in [0.25, 0.3) is 0 Å². The smallest absolute Gasteiger partial charge is 0.252 e. The lowest BCUT2D eigenvalue weighted by atomic mass is 10.0. The molecule has 3 rings (SSSR count). The van der Waals surface area contributed by atoms with Gasteiger partial charge in [-0.05, 0) is 49.9 Å². The fourth-order valence-electron chi connectivity index (χ4n) is 3.48. The van der Waals surface area contributed by atoms with E-state index in [1.807, 2.05) is 82.3 Å². The maximum atomic E-state index is 12.7. The number of rotatable bonds is 5. The third kappa shape index (κ3) is 4.54. The molecule has 0 atom stereocenters. The van der Waals surface area contributed by atoms with Crippen LogP contribution in [0.2, 0.25) is 0 Å². The molecule has 3 aromatic carbocycles. The van der Waals surface area contributed by atoms with Crippen LogP contribution in [0, 0.1) is 27.7 Å². The average Bonchev–Trinajstić information content (AvgIpc) is 2.72. The van der Waals surface area contributed by atoms with Crippen molar-refractivity contribution in [2.45, 2.75) is 27.7 Å². The summed E-state index contributed by atoms with van der Waals surface area (Å²) in [5.74, 6) is -0.165. The minimum Gasteiger partial charge on any atom is -0.355 e. The highest BCUT2D eigenvalue weighted by atomic mass is 16.1. The Labute approximate surface area is 178 Å². The maximum absolute atomic E-state index is 12.7.